The minimum Gasteiger partial charge on any atom is -0.494 e. The summed E-state index contributed by atoms with van der Waals surface area (Å²) in [5.74, 6) is 0.714. The standard InChI is InChI=1S/C19H23NO2/c1-4-22-17-12-10-16(11-13-17)18(21)20-19(2,3)14-15-8-6-5-7-9-15/h5-13H,4,14H2,1-3H3,(H,20,21). The second-order valence-electron chi connectivity index (χ2n) is 5.96. The van der Waals surface area contributed by atoms with Gasteiger partial charge < -0.3 is 10.1 Å². The van der Waals surface area contributed by atoms with Crippen LogP contribution in [0.15, 0.2) is 54.6 Å². The van der Waals surface area contributed by atoms with Gasteiger partial charge in [0.2, 0.25) is 0 Å². The van der Waals surface area contributed by atoms with Crippen LogP contribution in [0, 0.1) is 0 Å². The molecule has 0 aliphatic heterocycles. The molecule has 0 saturated heterocycles. The SMILES string of the molecule is CCOc1ccc(C(=O)NC(C)(C)Cc2ccccc2)cc1. The highest BCUT2D eigenvalue weighted by Crippen LogP contribution is 2.15. The molecule has 2 aromatic rings. The van der Waals surface area contributed by atoms with Gasteiger partial charge in [0.15, 0.2) is 0 Å². The summed E-state index contributed by atoms with van der Waals surface area (Å²) < 4.78 is 5.39. The highest BCUT2D eigenvalue weighted by molar-refractivity contribution is 5.94. The smallest absolute Gasteiger partial charge is 0.251 e. The van der Waals surface area contributed by atoms with Crippen LogP contribution in [-0.2, 0) is 6.42 Å². The van der Waals surface area contributed by atoms with Gasteiger partial charge in [-0.05, 0) is 57.0 Å². The van der Waals surface area contributed by atoms with E-state index in [9.17, 15) is 4.79 Å². The van der Waals surface area contributed by atoms with Gasteiger partial charge in [-0.2, -0.15) is 0 Å². The first-order valence-corrected chi connectivity index (χ1v) is 7.59. The summed E-state index contributed by atoms with van der Waals surface area (Å²) in [5, 5.41) is 3.09. The lowest BCUT2D eigenvalue weighted by Gasteiger charge is -2.26. The van der Waals surface area contributed by atoms with Crippen LogP contribution in [0.1, 0.15) is 36.7 Å². The second-order valence-corrected chi connectivity index (χ2v) is 5.96. The molecule has 2 aromatic carbocycles. The lowest BCUT2D eigenvalue weighted by molar-refractivity contribution is 0.0913. The zero-order chi connectivity index (χ0) is 16.0. The zero-order valence-corrected chi connectivity index (χ0v) is 13.4. The van der Waals surface area contributed by atoms with Crippen molar-refractivity contribution in [1.82, 2.24) is 5.32 Å². The minimum atomic E-state index is -0.309. The normalized spacial score (nSPS) is 11.0. The third-order valence-corrected chi connectivity index (χ3v) is 3.37. The van der Waals surface area contributed by atoms with Crippen molar-refractivity contribution in [2.45, 2.75) is 32.7 Å². The Bertz CT molecular complexity index is 603. The van der Waals surface area contributed by atoms with Crippen molar-refractivity contribution in [2.24, 2.45) is 0 Å². The van der Waals surface area contributed by atoms with Gasteiger partial charge in [-0.15, -0.1) is 0 Å². The van der Waals surface area contributed by atoms with E-state index in [4.69, 9.17) is 4.74 Å². The number of hydrogen-bond acceptors (Lipinski definition) is 2. The molecule has 0 aliphatic rings. The largest absolute Gasteiger partial charge is 0.494 e. The fourth-order valence-corrected chi connectivity index (χ4v) is 2.40. The van der Waals surface area contributed by atoms with E-state index >= 15 is 0 Å². The Labute approximate surface area is 132 Å². The van der Waals surface area contributed by atoms with Crippen molar-refractivity contribution in [3.05, 3.63) is 65.7 Å². The van der Waals surface area contributed by atoms with Gasteiger partial charge in [0.1, 0.15) is 5.75 Å². The quantitative estimate of drug-likeness (QED) is 0.880. The monoisotopic (exact) mass is 297 g/mol. The molecule has 0 aromatic heterocycles. The van der Waals surface area contributed by atoms with E-state index in [1.54, 1.807) is 12.1 Å². The topological polar surface area (TPSA) is 38.3 Å². The fraction of sp³-hybridized carbons (Fsp3) is 0.316. The van der Waals surface area contributed by atoms with Crippen molar-refractivity contribution in [2.75, 3.05) is 6.61 Å². The van der Waals surface area contributed by atoms with Crippen molar-refractivity contribution in [3.63, 3.8) is 0 Å². The highest BCUT2D eigenvalue weighted by Gasteiger charge is 2.21. The molecule has 1 N–H and O–H groups in total. The van der Waals surface area contributed by atoms with E-state index in [0.29, 0.717) is 12.2 Å². The van der Waals surface area contributed by atoms with E-state index in [-0.39, 0.29) is 11.4 Å². The molecule has 0 aliphatic carbocycles. The molecule has 0 fully saturated rings. The average Bonchev–Trinajstić information content (AvgIpc) is 2.48. The fourth-order valence-electron chi connectivity index (χ4n) is 2.40. The van der Waals surface area contributed by atoms with Crippen LogP contribution in [0.4, 0.5) is 0 Å². The molecule has 1 amide bonds. The minimum absolute atomic E-state index is 0.0658. The van der Waals surface area contributed by atoms with E-state index in [1.807, 2.05) is 51.1 Å². The molecule has 2 rings (SSSR count). The summed E-state index contributed by atoms with van der Waals surface area (Å²) in [5.41, 5.74) is 1.54. The maximum Gasteiger partial charge on any atom is 0.251 e. The summed E-state index contributed by atoms with van der Waals surface area (Å²) >= 11 is 0. The second kappa shape index (κ2) is 7.12. The first-order valence-electron chi connectivity index (χ1n) is 7.59. The Balaban J connectivity index is 2.00. The molecule has 0 saturated carbocycles. The molecule has 0 atom stereocenters. The van der Waals surface area contributed by atoms with Crippen LogP contribution >= 0.6 is 0 Å². The zero-order valence-electron chi connectivity index (χ0n) is 13.4. The Morgan fingerprint density at radius 3 is 2.27 bits per heavy atom. The first kappa shape index (κ1) is 16.1. The van der Waals surface area contributed by atoms with E-state index in [0.717, 1.165) is 12.2 Å². The number of hydrogen-bond donors (Lipinski definition) is 1. The Kier molecular flexibility index (Phi) is 5.21. The van der Waals surface area contributed by atoms with Gasteiger partial charge in [0.05, 0.1) is 6.61 Å². The number of amides is 1. The van der Waals surface area contributed by atoms with Gasteiger partial charge in [0.25, 0.3) is 5.91 Å². The molecule has 0 unspecified atom stereocenters. The molecule has 3 nitrogen and oxygen atoms in total. The summed E-state index contributed by atoms with van der Waals surface area (Å²) in [6, 6.07) is 17.4. The van der Waals surface area contributed by atoms with Crippen molar-refractivity contribution < 1.29 is 9.53 Å². The highest BCUT2D eigenvalue weighted by atomic mass is 16.5. The van der Waals surface area contributed by atoms with Gasteiger partial charge in [-0.3, -0.25) is 4.79 Å². The summed E-state index contributed by atoms with van der Waals surface area (Å²) in [6.07, 6.45) is 0.788. The molecule has 0 spiro atoms. The third kappa shape index (κ3) is 4.62. The number of rotatable bonds is 6. The van der Waals surface area contributed by atoms with Gasteiger partial charge in [0, 0.05) is 11.1 Å². The number of benzene rings is 2. The molecule has 22 heavy (non-hydrogen) atoms. The van der Waals surface area contributed by atoms with Crippen molar-refractivity contribution in [3.8, 4) is 5.75 Å². The predicted molar refractivity (Wildman–Crippen MR) is 89.3 cm³/mol. The van der Waals surface area contributed by atoms with Crippen LogP contribution in [0.2, 0.25) is 0 Å². The Morgan fingerprint density at radius 1 is 1.05 bits per heavy atom. The van der Waals surface area contributed by atoms with Gasteiger partial charge in [-0.1, -0.05) is 30.3 Å². The molecule has 0 bridgehead atoms. The predicted octanol–water partition coefficient (Wildman–Crippen LogP) is 3.84. The molecule has 3 heteroatoms. The van der Waals surface area contributed by atoms with Gasteiger partial charge >= 0.3 is 0 Å². The van der Waals surface area contributed by atoms with Crippen LogP contribution in [0.5, 0.6) is 5.75 Å². The summed E-state index contributed by atoms with van der Waals surface area (Å²) in [4.78, 5) is 12.4. The first-order chi connectivity index (χ1) is 10.5. The van der Waals surface area contributed by atoms with Crippen molar-refractivity contribution >= 4 is 5.91 Å². The molecular weight excluding hydrogens is 274 g/mol. The number of nitrogens with one attached hydrogen (secondary N) is 1. The molecule has 0 heterocycles. The van der Waals surface area contributed by atoms with Crippen LogP contribution < -0.4 is 10.1 Å². The average molecular weight is 297 g/mol. The lowest BCUT2D eigenvalue weighted by Crippen LogP contribution is -2.45. The third-order valence-electron chi connectivity index (χ3n) is 3.37. The number of carbonyl (C=O) groups is 1. The lowest BCUT2D eigenvalue weighted by atomic mass is 9.94. The maximum atomic E-state index is 12.4. The van der Waals surface area contributed by atoms with E-state index in [1.165, 1.54) is 5.56 Å². The Hall–Kier alpha value is -2.29. The molecule has 116 valence electrons. The maximum absolute atomic E-state index is 12.4. The summed E-state index contributed by atoms with van der Waals surface area (Å²) in [6.45, 7) is 6.63. The number of ether oxygens (including phenoxy) is 1. The Morgan fingerprint density at radius 2 is 1.68 bits per heavy atom. The van der Waals surface area contributed by atoms with Crippen LogP contribution in [0.25, 0.3) is 0 Å². The van der Waals surface area contributed by atoms with Crippen LogP contribution in [0.3, 0.4) is 0 Å². The van der Waals surface area contributed by atoms with E-state index < -0.39 is 0 Å². The molecular formula is C19H23NO2. The number of carbonyl (C=O) groups excluding carboxylic acids is 1. The van der Waals surface area contributed by atoms with Crippen LogP contribution in [-0.4, -0.2) is 18.1 Å². The summed E-state index contributed by atoms with van der Waals surface area (Å²) in [7, 11) is 0. The van der Waals surface area contributed by atoms with E-state index in [2.05, 4.69) is 17.4 Å². The molecule has 0 radical (unpaired) electrons. The van der Waals surface area contributed by atoms with Gasteiger partial charge in [-0.25, -0.2) is 0 Å². The van der Waals surface area contributed by atoms with Crippen molar-refractivity contribution in [1.29, 1.82) is 0 Å².